The maximum absolute atomic E-state index is 4.02. The third-order valence-electron chi connectivity index (χ3n) is 2.43. The van der Waals surface area contributed by atoms with Crippen molar-refractivity contribution in [3.8, 4) is 0 Å². The van der Waals surface area contributed by atoms with Crippen molar-refractivity contribution in [2.24, 2.45) is 0 Å². The smallest absolute Gasteiger partial charge is 0.187 e. The first-order valence-electron chi connectivity index (χ1n) is 5.19. The fourth-order valence-corrected chi connectivity index (χ4v) is 1.58. The maximum atomic E-state index is 4.02. The predicted octanol–water partition coefficient (Wildman–Crippen LogP) is 2.51. The lowest BCUT2D eigenvalue weighted by Crippen LogP contribution is -2.38. The highest BCUT2D eigenvalue weighted by molar-refractivity contribution is 4.65. The van der Waals surface area contributed by atoms with Crippen LogP contribution in [0.15, 0.2) is 24.8 Å². The minimum atomic E-state index is 0.656. The first-order chi connectivity index (χ1) is 6.38. The molecule has 0 amide bonds. The fraction of sp³-hybridized carbons (Fsp3) is 0.636. The molecule has 1 atom stereocenters. The molecule has 0 bridgehead atoms. The van der Waals surface area contributed by atoms with Gasteiger partial charge in [0.2, 0.25) is 0 Å². The molecule has 0 aliphatic heterocycles. The van der Waals surface area contributed by atoms with Crippen LogP contribution in [-0.4, -0.2) is 4.98 Å². The van der Waals surface area contributed by atoms with Crippen molar-refractivity contribution >= 4 is 0 Å². The van der Waals surface area contributed by atoms with Gasteiger partial charge in [0.05, 0.1) is 12.4 Å². The van der Waals surface area contributed by atoms with Gasteiger partial charge in [-0.1, -0.05) is 20.3 Å². The summed E-state index contributed by atoms with van der Waals surface area (Å²) < 4.78 is 2.27. The summed E-state index contributed by atoms with van der Waals surface area (Å²) in [6, 6.07) is 0.656. The predicted molar refractivity (Wildman–Crippen MR) is 53.3 cm³/mol. The number of aromatic nitrogens is 2. The molecule has 0 saturated heterocycles. The van der Waals surface area contributed by atoms with Gasteiger partial charge in [-0.3, -0.25) is 4.98 Å². The van der Waals surface area contributed by atoms with Gasteiger partial charge in [-0.15, -0.1) is 0 Å². The van der Waals surface area contributed by atoms with Crippen LogP contribution in [0.1, 0.15) is 45.6 Å². The molecule has 72 valence electrons. The van der Waals surface area contributed by atoms with E-state index in [9.17, 15) is 0 Å². The van der Waals surface area contributed by atoms with E-state index >= 15 is 0 Å². The van der Waals surface area contributed by atoms with E-state index in [-0.39, 0.29) is 0 Å². The van der Waals surface area contributed by atoms with Crippen LogP contribution in [0.2, 0.25) is 0 Å². The third kappa shape index (κ3) is 3.13. The van der Waals surface area contributed by atoms with Crippen molar-refractivity contribution in [2.75, 3.05) is 0 Å². The summed E-state index contributed by atoms with van der Waals surface area (Å²) >= 11 is 0. The normalized spacial score (nSPS) is 12.8. The Balaban J connectivity index is 2.56. The van der Waals surface area contributed by atoms with Crippen LogP contribution >= 0.6 is 0 Å². The van der Waals surface area contributed by atoms with Crippen LogP contribution in [0.4, 0.5) is 0 Å². The van der Waals surface area contributed by atoms with Gasteiger partial charge in [0.15, 0.2) is 18.4 Å². The molecular weight excluding hydrogens is 160 g/mol. The van der Waals surface area contributed by atoms with Gasteiger partial charge >= 0.3 is 0 Å². The Labute approximate surface area is 80.6 Å². The molecule has 0 aromatic carbocycles. The highest BCUT2D eigenvalue weighted by atomic mass is 15.0. The standard InChI is InChI=1S/C11H19N2/c1-3-5-6-11(4-2)13-9-7-12-8-10-13/h7-11H,3-6H2,1-2H3/q+1. The third-order valence-corrected chi connectivity index (χ3v) is 2.43. The van der Waals surface area contributed by atoms with Gasteiger partial charge in [0, 0.05) is 12.8 Å². The molecule has 0 N–H and O–H groups in total. The Bertz CT molecular complexity index is 221. The largest absolute Gasteiger partial charge is 0.252 e. The van der Waals surface area contributed by atoms with Crippen LogP contribution in [0, 0.1) is 0 Å². The van der Waals surface area contributed by atoms with Crippen LogP contribution in [0.5, 0.6) is 0 Å². The highest BCUT2D eigenvalue weighted by Crippen LogP contribution is 2.11. The second-order valence-electron chi connectivity index (χ2n) is 3.40. The van der Waals surface area contributed by atoms with Crippen molar-refractivity contribution in [2.45, 2.75) is 45.6 Å². The number of nitrogens with zero attached hydrogens (tertiary/aromatic N) is 2. The van der Waals surface area contributed by atoms with Crippen LogP contribution in [0.3, 0.4) is 0 Å². The molecule has 0 saturated carbocycles. The summed E-state index contributed by atoms with van der Waals surface area (Å²) in [5.74, 6) is 0. The number of rotatable bonds is 5. The quantitative estimate of drug-likeness (QED) is 0.635. The van der Waals surface area contributed by atoms with Gasteiger partial charge in [-0.05, 0) is 6.42 Å². The van der Waals surface area contributed by atoms with Crippen molar-refractivity contribution in [1.29, 1.82) is 0 Å². The van der Waals surface area contributed by atoms with Gasteiger partial charge in [-0.25, -0.2) is 0 Å². The van der Waals surface area contributed by atoms with Gasteiger partial charge < -0.3 is 0 Å². The van der Waals surface area contributed by atoms with E-state index in [0.717, 1.165) is 0 Å². The Kier molecular flexibility index (Phi) is 4.44. The van der Waals surface area contributed by atoms with Gasteiger partial charge in [0.25, 0.3) is 0 Å². The van der Waals surface area contributed by atoms with Crippen molar-refractivity contribution < 1.29 is 4.57 Å². The second kappa shape index (κ2) is 5.68. The van der Waals surface area contributed by atoms with Crippen molar-refractivity contribution in [3.05, 3.63) is 24.8 Å². The van der Waals surface area contributed by atoms with Gasteiger partial charge in [-0.2, -0.15) is 4.57 Å². The molecule has 1 unspecified atom stereocenters. The topological polar surface area (TPSA) is 16.8 Å². The molecule has 1 rings (SSSR count). The summed E-state index contributed by atoms with van der Waals surface area (Å²) in [6.07, 6.45) is 12.9. The maximum Gasteiger partial charge on any atom is 0.187 e. The Morgan fingerprint density at radius 3 is 2.46 bits per heavy atom. The molecule has 0 aliphatic rings. The summed E-state index contributed by atoms with van der Waals surface area (Å²) in [4.78, 5) is 4.02. The Hall–Kier alpha value is -0.920. The zero-order valence-electron chi connectivity index (χ0n) is 8.61. The molecule has 2 nitrogen and oxygen atoms in total. The molecule has 1 aromatic heterocycles. The molecule has 1 heterocycles. The fourth-order valence-electron chi connectivity index (χ4n) is 1.58. The van der Waals surface area contributed by atoms with E-state index in [0.29, 0.717) is 6.04 Å². The SMILES string of the molecule is CCCCC(CC)[n+]1ccncc1. The number of hydrogen-bond donors (Lipinski definition) is 0. The average Bonchev–Trinajstić information content (AvgIpc) is 2.21. The molecule has 1 aromatic rings. The van der Waals surface area contributed by atoms with E-state index in [1.54, 1.807) is 0 Å². The first kappa shape index (κ1) is 10.2. The monoisotopic (exact) mass is 179 g/mol. The van der Waals surface area contributed by atoms with Crippen molar-refractivity contribution in [1.82, 2.24) is 4.98 Å². The molecule has 0 aliphatic carbocycles. The molecule has 0 fully saturated rings. The summed E-state index contributed by atoms with van der Waals surface area (Å²) in [6.45, 7) is 4.48. The minimum Gasteiger partial charge on any atom is -0.252 e. The van der Waals surface area contributed by atoms with E-state index in [1.807, 2.05) is 12.4 Å². The zero-order valence-corrected chi connectivity index (χ0v) is 8.61. The lowest BCUT2D eigenvalue weighted by molar-refractivity contribution is -0.724. The van der Waals surface area contributed by atoms with Crippen LogP contribution in [0.25, 0.3) is 0 Å². The molecule has 0 radical (unpaired) electrons. The highest BCUT2D eigenvalue weighted by Gasteiger charge is 2.13. The second-order valence-corrected chi connectivity index (χ2v) is 3.40. The zero-order chi connectivity index (χ0) is 9.52. The summed E-state index contributed by atoms with van der Waals surface area (Å²) in [7, 11) is 0. The van der Waals surface area contributed by atoms with Crippen LogP contribution in [-0.2, 0) is 0 Å². The summed E-state index contributed by atoms with van der Waals surface area (Å²) in [5.41, 5.74) is 0. The number of hydrogen-bond acceptors (Lipinski definition) is 1. The lowest BCUT2D eigenvalue weighted by atomic mass is 10.1. The van der Waals surface area contributed by atoms with E-state index < -0.39 is 0 Å². The molecule has 0 spiro atoms. The van der Waals surface area contributed by atoms with Gasteiger partial charge in [0.1, 0.15) is 0 Å². The molecule has 13 heavy (non-hydrogen) atoms. The average molecular weight is 179 g/mol. The van der Waals surface area contributed by atoms with E-state index in [4.69, 9.17) is 0 Å². The Morgan fingerprint density at radius 2 is 1.92 bits per heavy atom. The summed E-state index contributed by atoms with van der Waals surface area (Å²) in [5, 5.41) is 0. The number of unbranched alkanes of at least 4 members (excludes halogenated alkanes) is 1. The first-order valence-corrected chi connectivity index (χ1v) is 5.19. The minimum absolute atomic E-state index is 0.656. The lowest BCUT2D eigenvalue weighted by Gasteiger charge is -2.08. The molecular formula is C11H19N2+. The van der Waals surface area contributed by atoms with E-state index in [2.05, 4.69) is 35.8 Å². The van der Waals surface area contributed by atoms with Crippen molar-refractivity contribution in [3.63, 3.8) is 0 Å². The van der Waals surface area contributed by atoms with E-state index in [1.165, 1.54) is 25.7 Å². The molecule has 2 heteroatoms. The van der Waals surface area contributed by atoms with Crippen LogP contribution < -0.4 is 4.57 Å². The Morgan fingerprint density at radius 1 is 1.23 bits per heavy atom.